The molecule has 0 aliphatic heterocycles. The topological polar surface area (TPSA) is 116 Å². The summed E-state index contributed by atoms with van der Waals surface area (Å²) < 4.78 is 14.2. The van der Waals surface area contributed by atoms with Crippen molar-refractivity contribution in [3.8, 4) is 0 Å². The van der Waals surface area contributed by atoms with E-state index in [4.69, 9.17) is 14.1 Å². The van der Waals surface area contributed by atoms with Gasteiger partial charge in [-0.2, -0.15) is 5.10 Å². The fourth-order valence-electron chi connectivity index (χ4n) is 4.43. The average Bonchev–Trinajstić information content (AvgIpc) is 3.58. The predicted molar refractivity (Wildman–Crippen MR) is 142 cm³/mol. The fourth-order valence-corrected chi connectivity index (χ4v) is 4.43. The highest BCUT2D eigenvalue weighted by atomic mass is 16.5. The number of hydrogen-bond donors (Lipinski definition) is 2. The molecule has 10 heteroatoms. The number of carbonyl (C=O) groups excluding carboxylic acids is 2. The summed E-state index contributed by atoms with van der Waals surface area (Å²) in [6, 6.07) is 5.10. The molecule has 10 nitrogen and oxygen atoms in total. The minimum absolute atomic E-state index is 0.139. The minimum Gasteiger partial charge on any atom is -0.464 e. The van der Waals surface area contributed by atoms with E-state index in [2.05, 4.69) is 43.4 Å². The van der Waals surface area contributed by atoms with Crippen molar-refractivity contribution in [1.82, 2.24) is 19.3 Å². The summed E-state index contributed by atoms with van der Waals surface area (Å²) in [5, 5.41) is 11.5. The zero-order valence-electron chi connectivity index (χ0n) is 22.2. The van der Waals surface area contributed by atoms with Crippen LogP contribution in [0.15, 0.2) is 35.1 Å². The number of hydrogen-bond acceptors (Lipinski definition) is 7. The molecule has 4 heterocycles. The van der Waals surface area contributed by atoms with Crippen LogP contribution in [0.3, 0.4) is 0 Å². The number of pyridine rings is 1. The Morgan fingerprint density at radius 3 is 2.65 bits per heavy atom. The molecule has 0 bridgehead atoms. The normalized spacial score (nSPS) is 11.3. The second kappa shape index (κ2) is 10.9. The minimum atomic E-state index is -0.552. The van der Waals surface area contributed by atoms with E-state index in [0.29, 0.717) is 35.7 Å². The number of nitrogens with one attached hydrogen (secondary N) is 2. The lowest BCUT2D eigenvalue weighted by Gasteiger charge is -2.12. The quantitative estimate of drug-likeness (QED) is 0.285. The molecule has 1 amide bonds. The van der Waals surface area contributed by atoms with Crippen LogP contribution < -0.4 is 10.6 Å². The van der Waals surface area contributed by atoms with E-state index in [9.17, 15) is 9.59 Å². The maximum atomic E-state index is 13.0. The molecule has 0 atom stereocenters. The van der Waals surface area contributed by atoms with Crippen LogP contribution in [0.1, 0.15) is 65.2 Å². The van der Waals surface area contributed by atoms with Crippen molar-refractivity contribution >= 4 is 34.3 Å². The van der Waals surface area contributed by atoms with Gasteiger partial charge in [-0.1, -0.05) is 13.8 Å². The predicted octanol–water partition coefficient (Wildman–Crippen LogP) is 5.16. The number of ether oxygens (including phenoxy) is 1. The molecule has 0 unspecified atom stereocenters. The molecule has 0 aromatic carbocycles. The van der Waals surface area contributed by atoms with Crippen molar-refractivity contribution in [2.24, 2.45) is 5.92 Å². The summed E-state index contributed by atoms with van der Waals surface area (Å²) in [7, 11) is 1.33. The third-order valence-electron chi connectivity index (χ3n) is 6.49. The molecule has 0 aliphatic rings. The van der Waals surface area contributed by atoms with Gasteiger partial charge in [0.15, 0.2) is 11.5 Å². The highest BCUT2D eigenvalue weighted by Gasteiger charge is 2.27. The Kier molecular flexibility index (Phi) is 7.66. The second-order valence-corrected chi connectivity index (χ2v) is 9.39. The van der Waals surface area contributed by atoms with Gasteiger partial charge in [-0.3, -0.25) is 9.48 Å². The van der Waals surface area contributed by atoms with Crippen molar-refractivity contribution in [3.05, 3.63) is 59.1 Å². The summed E-state index contributed by atoms with van der Waals surface area (Å²) in [6.45, 7) is 12.3. The van der Waals surface area contributed by atoms with Gasteiger partial charge in [0, 0.05) is 36.3 Å². The van der Waals surface area contributed by atoms with Crippen LogP contribution in [-0.2, 0) is 24.4 Å². The van der Waals surface area contributed by atoms with Crippen LogP contribution in [0.4, 0.5) is 11.4 Å². The van der Waals surface area contributed by atoms with E-state index < -0.39 is 11.9 Å². The zero-order chi connectivity index (χ0) is 26.7. The van der Waals surface area contributed by atoms with Crippen molar-refractivity contribution in [3.63, 3.8) is 0 Å². The highest BCUT2D eigenvalue weighted by molar-refractivity contribution is 6.14. The van der Waals surface area contributed by atoms with Crippen LogP contribution in [-0.4, -0.2) is 38.3 Å². The Hall–Kier alpha value is -4.08. The maximum absolute atomic E-state index is 13.0. The lowest BCUT2D eigenvalue weighted by molar-refractivity contribution is 0.0589. The second-order valence-electron chi connectivity index (χ2n) is 9.39. The third kappa shape index (κ3) is 5.23. The van der Waals surface area contributed by atoms with Gasteiger partial charge in [0.1, 0.15) is 5.65 Å². The zero-order valence-corrected chi connectivity index (χ0v) is 22.2. The van der Waals surface area contributed by atoms with Crippen LogP contribution >= 0.6 is 0 Å². The Balaban J connectivity index is 1.78. The first kappa shape index (κ1) is 26.0. The van der Waals surface area contributed by atoms with Crippen LogP contribution in [0, 0.1) is 19.8 Å². The largest absolute Gasteiger partial charge is 0.464 e. The van der Waals surface area contributed by atoms with Gasteiger partial charge in [0.25, 0.3) is 5.91 Å². The number of rotatable bonds is 10. The lowest BCUT2D eigenvalue weighted by Crippen LogP contribution is -2.17. The van der Waals surface area contributed by atoms with E-state index in [1.807, 2.05) is 22.2 Å². The Morgan fingerprint density at radius 1 is 1.24 bits per heavy atom. The number of carbonyl (C=O) groups is 2. The van der Waals surface area contributed by atoms with Gasteiger partial charge in [0.05, 0.1) is 36.6 Å². The maximum Gasteiger partial charge on any atom is 0.356 e. The van der Waals surface area contributed by atoms with Crippen LogP contribution in [0.2, 0.25) is 0 Å². The Labute approximate surface area is 216 Å². The molecule has 196 valence electrons. The summed E-state index contributed by atoms with van der Waals surface area (Å²) in [5.41, 5.74) is 5.14. The van der Waals surface area contributed by atoms with E-state index in [-0.39, 0.29) is 11.5 Å². The van der Waals surface area contributed by atoms with Gasteiger partial charge < -0.3 is 24.4 Å². The number of furan rings is 1. The van der Waals surface area contributed by atoms with E-state index in [1.165, 1.54) is 13.4 Å². The molecule has 4 rings (SSSR count). The molecule has 4 aromatic heterocycles. The van der Waals surface area contributed by atoms with Crippen molar-refractivity contribution in [2.45, 2.75) is 60.7 Å². The molecular formula is C27H34N6O4. The first-order valence-corrected chi connectivity index (χ1v) is 12.5. The number of amides is 1. The standard InChI is InChI=1S/C27H34N6O4/c1-7-33-18(5)21(17(4)31-33)15-28-19-13-20-23(30-26(34)22-9-8-12-37-22)24(27(35)36-6)32(11-10-16(2)3)25(20)29-14-19/h8-9,12-14,16,28H,7,10-11,15H2,1-6H3,(H,30,34). The average molecular weight is 507 g/mol. The third-order valence-corrected chi connectivity index (χ3v) is 6.49. The summed E-state index contributed by atoms with van der Waals surface area (Å²) in [6.07, 6.45) is 3.99. The van der Waals surface area contributed by atoms with Gasteiger partial charge in [0.2, 0.25) is 0 Å². The van der Waals surface area contributed by atoms with Crippen molar-refractivity contribution in [2.75, 3.05) is 17.7 Å². The van der Waals surface area contributed by atoms with E-state index in [0.717, 1.165) is 35.6 Å². The first-order valence-electron chi connectivity index (χ1n) is 12.5. The lowest BCUT2D eigenvalue weighted by atomic mass is 10.1. The summed E-state index contributed by atoms with van der Waals surface area (Å²) in [5.74, 6) is -0.473. The molecule has 0 spiro atoms. The van der Waals surface area contributed by atoms with Crippen molar-refractivity contribution < 1.29 is 18.7 Å². The molecular weight excluding hydrogens is 472 g/mol. The first-order chi connectivity index (χ1) is 17.7. The van der Waals surface area contributed by atoms with Gasteiger partial charge in [-0.15, -0.1) is 0 Å². The molecule has 2 N–H and O–H groups in total. The van der Waals surface area contributed by atoms with Gasteiger partial charge in [-0.25, -0.2) is 9.78 Å². The van der Waals surface area contributed by atoms with E-state index in [1.54, 1.807) is 18.3 Å². The molecule has 0 saturated carbocycles. The van der Waals surface area contributed by atoms with Crippen LogP contribution in [0.5, 0.6) is 0 Å². The molecule has 0 saturated heterocycles. The number of anilines is 2. The number of aryl methyl sites for hydroxylation is 3. The van der Waals surface area contributed by atoms with E-state index >= 15 is 0 Å². The number of methoxy groups -OCH3 is 1. The molecule has 0 aliphatic carbocycles. The fraction of sp³-hybridized carbons (Fsp3) is 0.407. The summed E-state index contributed by atoms with van der Waals surface area (Å²) in [4.78, 5) is 30.6. The summed E-state index contributed by atoms with van der Waals surface area (Å²) >= 11 is 0. The Morgan fingerprint density at radius 2 is 2.03 bits per heavy atom. The SMILES string of the molecule is CCn1nc(C)c(CNc2cnc3c(c2)c(NC(=O)c2ccco2)c(C(=O)OC)n3CCC(C)C)c1C. The van der Waals surface area contributed by atoms with Crippen molar-refractivity contribution in [1.29, 1.82) is 0 Å². The number of nitrogens with zero attached hydrogens (tertiary/aromatic N) is 4. The highest BCUT2D eigenvalue weighted by Crippen LogP contribution is 2.34. The number of aromatic nitrogens is 4. The monoisotopic (exact) mass is 506 g/mol. The smallest absolute Gasteiger partial charge is 0.356 e. The molecule has 4 aromatic rings. The number of fused-ring (bicyclic) bond motifs is 1. The van der Waals surface area contributed by atoms with Gasteiger partial charge >= 0.3 is 5.97 Å². The van der Waals surface area contributed by atoms with Crippen LogP contribution in [0.25, 0.3) is 11.0 Å². The number of esters is 1. The molecule has 37 heavy (non-hydrogen) atoms. The Bertz CT molecular complexity index is 1410. The van der Waals surface area contributed by atoms with Gasteiger partial charge in [-0.05, 0) is 51.3 Å². The molecule has 0 fully saturated rings. The molecule has 0 radical (unpaired) electrons.